The van der Waals surface area contributed by atoms with Crippen LogP contribution >= 0.6 is 0 Å². The Kier molecular flexibility index (Phi) is 9.98. The number of benzene rings is 2. The number of nitrogens with zero attached hydrogens (tertiary/aromatic N) is 3. The molecule has 1 N–H and O–H groups in total. The molecule has 0 bridgehead atoms. The van der Waals surface area contributed by atoms with E-state index in [-0.39, 0.29) is 11.9 Å². The van der Waals surface area contributed by atoms with Gasteiger partial charge in [-0.05, 0) is 61.9 Å². The molecule has 41 heavy (non-hydrogen) atoms. The second kappa shape index (κ2) is 13.8. The summed E-state index contributed by atoms with van der Waals surface area (Å²) in [6.45, 7) is 5.40. The van der Waals surface area contributed by atoms with E-state index >= 15 is 0 Å². The lowest BCUT2D eigenvalue weighted by molar-refractivity contribution is -0.123. The topological polar surface area (TPSA) is 70.7 Å². The summed E-state index contributed by atoms with van der Waals surface area (Å²) < 4.78 is 11.5. The van der Waals surface area contributed by atoms with E-state index in [0.29, 0.717) is 19.0 Å². The molecule has 0 aliphatic heterocycles. The summed E-state index contributed by atoms with van der Waals surface area (Å²) in [4.78, 5) is 23.8. The number of likely N-dealkylation sites (N-methyl/N-ethyl adjacent to an activating group) is 2. The van der Waals surface area contributed by atoms with Gasteiger partial charge in [-0.1, -0.05) is 43.3 Å². The molecule has 2 aromatic carbocycles. The van der Waals surface area contributed by atoms with Crippen LogP contribution in [0.3, 0.4) is 0 Å². The van der Waals surface area contributed by atoms with Crippen LogP contribution in [0.4, 0.5) is 0 Å². The molecule has 4 aromatic rings. The Hall–Kier alpha value is -4.36. The number of fused-ring (bicyclic) bond motifs is 1. The second-order valence-electron chi connectivity index (χ2n) is 10.3. The first-order valence-electron chi connectivity index (χ1n) is 13.9. The van der Waals surface area contributed by atoms with Crippen molar-refractivity contribution < 1.29 is 14.3 Å². The zero-order chi connectivity index (χ0) is 29.4. The zero-order valence-electron chi connectivity index (χ0n) is 24.8. The third kappa shape index (κ3) is 7.44. The third-order valence-electron chi connectivity index (χ3n) is 7.25. The molecule has 2 aromatic heterocycles. The summed E-state index contributed by atoms with van der Waals surface area (Å²) in [5, 5.41) is 1.16. The lowest BCUT2D eigenvalue weighted by Gasteiger charge is -2.22. The molecule has 7 heteroatoms. The highest BCUT2D eigenvalue weighted by atomic mass is 16.5. The maximum atomic E-state index is 11.8. The molecule has 7 nitrogen and oxygen atoms in total. The van der Waals surface area contributed by atoms with Gasteiger partial charge in [-0.3, -0.25) is 9.69 Å². The normalized spacial score (nSPS) is 13.0. The number of aromatic nitrogens is 2. The Labute approximate surface area is 243 Å². The van der Waals surface area contributed by atoms with Gasteiger partial charge in [-0.25, -0.2) is 4.98 Å². The van der Waals surface area contributed by atoms with Crippen molar-refractivity contribution in [2.75, 3.05) is 41.4 Å². The molecule has 4 rings (SSSR count). The first kappa shape index (κ1) is 29.6. The van der Waals surface area contributed by atoms with Gasteiger partial charge < -0.3 is 19.4 Å². The molecule has 0 saturated heterocycles. The molecule has 2 heterocycles. The summed E-state index contributed by atoms with van der Waals surface area (Å²) in [5.74, 6) is 1.37. The van der Waals surface area contributed by atoms with Crippen molar-refractivity contribution in [3.8, 4) is 11.6 Å². The van der Waals surface area contributed by atoms with Gasteiger partial charge in [0.25, 0.3) is 0 Å². The van der Waals surface area contributed by atoms with Gasteiger partial charge in [-0.15, -0.1) is 0 Å². The van der Waals surface area contributed by atoms with E-state index in [4.69, 9.17) is 9.47 Å². The summed E-state index contributed by atoms with van der Waals surface area (Å²) >= 11 is 0. The van der Waals surface area contributed by atoms with Crippen molar-refractivity contribution >= 4 is 28.0 Å². The van der Waals surface area contributed by atoms with Gasteiger partial charge in [0.1, 0.15) is 12.4 Å². The van der Waals surface area contributed by atoms with Gasteiger partial charge in [-0.2, -0.15) is 0 Å². The van der Waals surface area contributed by atoms with Gasteiger partial charge in [0.2, 0.25) is 11.8 Å². The molecule has 0 radical (unpaired) electrons. The van der Waals surface area contributed by atoms with Crippen LogP contribution in [-0.2, 0) is 4.79 Å². The highest BCUT2D eigenvalue weighted by Crippen LogP contribution is 2.36. The number of allylic oxidation sites excluding steroid dienone is 1. The van der Waals surface area contributed by atoms with Crippen LogP contribution in [0.5, 0.6) is 11.6 Å². The highest BCUT2D eigenvalue weighted by Gasteiger charge is 2.17. The lowest BCUT2D eigenvalue weighted by Crippen LogP contribution is -2.32. The van der Waals surface area contributed by atoms with Crippen molar-refractivity contribution in [2.24, 2.45) is 0 Å². The van der Waals surface area contributed by atoms with E-state index in [1.165, 1.54) is 5.57 Å². The molecule has 1 atom stereocenters. The maximum Gasteiger partial charge on any atom is 0.245 e. The molecular formula is C34H40N4O3. The number of carbonyl (C=O) groups is 1. The minimum absolute atomic E-state index is 0.0238. The molecule has 214 valence electrons. The van der Waals surface area contributed by atoms with Crippen LogP contribution in [0.2, 0.25) is 0 Å². The number of hydrogen-bond donors (Lipinski definition) is 1. The fourth-order valence-electron chi connectivity index (χ4n) is 4.67. The molecule has 0 aliphatic rings. The van der Waals surface area contributed by atoms with Crippen LogP contribution < -0.4 is 9.47 Å². The van der Waals surface area contributed by atoms with E-state index in [9.17, 15) is 4.79 Å². The predicted molar refractivity (Wildman–Crippen MR) is 167 cm³/mol. The molecular weight excluding hydrogens is 512 g/mol. The number of aromatic amines is 1. The molecule has 1 amide bonds. The third-order valence-corrected chi connectivity index (χ3v) is 7.25. The summed E-state index contributed by atoms with van der Waals surface area (Å²) in [6, 6.07) is 22.8. The second-order valence-corrected chi connectivity index (χ2v) is 10.3. The Morgan fingerprint density at radius 1 is 1.02 bits per heavy atom. The number of nitrogens with one attached hydrogen (secondary N) is 1. The molecule has 0 saturated carbocycles. The lowest BCUT2D eigenvalue weighted by atomic mass is 9.91. The first-order chi connectivity index (χ1) is 19.8. The van der Waals surface area contributed by atoms with Crippen molar-refractivity contribution in [2.45, 2.75) is 26.3 Å². The van der Waals surface area contributed by atoms with Crippen LogP contribution in [0.25, 0.3) is 22.0 Å². The van der Waals surface area contributed by atoms with Crippen molar-refractivity contribution in [1.29, 1.82) is 0 Å². The number of ether oxygens (including phenoxy) is 2. The largest absolute Gasteiger partial charge is 0.497 e. The highest BCUT2D eigenvalue weighted by molar-refractivity contribution is 6.00. The number of H-pyrrole nitrogens is 1. The molecule has 0 fully saturated rings. The number of rotatable bonds is 12. The van der Waals surface area contributed by atoms with E-state index < -0.39 is 0 Å². The standard InChI is InChI=1S/C34H40N4O3/c1-7-29(25-12-10-13-28(21-25)40-6)34(31-22-26-11-8-9-14-30(26)36-31)27-16-17-32(35-23-27)41-20-19-38(5)24(2)15-18-33(39)37(3)4/h8-18,21-24,36H,7,19-20H2,1-6H3/b18-15+,34-29+. The van der Waals surface area contributed by atoms with Crippen LogP contribution in [0, 0.1) is 0 Å². The first-order valence-corrected chi connectivity index (χ1v) is 13.9. The average molecular weight is 553 g/mol. The van der Waals surface area contributed by atoms with Gasteiger partial charge in [0, 0.05) is 72.8 Å². The molecule has 1 unspecified atom stereocenters. The smallest absolute Gasteiger partial charge is 0.245 e. The van der Waals surface area contributed by atoms with Crippen molar-refractivity contribution in [3.63, 3.8) is 0 Å². The van der Waals surface area contributed by atoms with E-state index in [0.717, 1.165) is 45.5 Å². The van der Waals surface area contributed by atoms with E-state index in [1.807, 2.05) is 43.6 Å². The van der Waals surface area contributed by atoms with E-state index in [1.54, 1.807) is 32.2 Å². The Morgan fingerprint density at radius 3 is 2.51 bits per heavy atom. The summed E-state index contributed by atoms with van der Waals surface area (Å²) in [6.07, 6.45) is 6.22. The van der Waals surface area contributed by atoms with Gasteiger partial charge >= 0.3 is 0 Å². The average Bonchev–Trinajstić information content (AvgIpc) is 3.42. The maximum absolute atomic E-state index is 11.8. The predicted octanol–water partition coefficient (Wildman–Crippen LogP) is 6.28. The molecule has 0 spiro atoms. The Balaban J connectivity index is 1.57. The monoisotopic (exact) mass is 552 g/mol. The zero-order valence-corrected chi connectivity index (χ0v) is 24.8. The number of pyridine rings is 1. The number of methoxy groups -OCH3 is 1. The van der Waals surface area contributed by atoms with Crippen molar-refractivity contribution in [1.82, 2.24) is 19.8 Å². The number of carbonyl (C=O) groups excluding carboxylic acids is 1. The summed E-state index contributed by atoms with van der Waals surface area (Å²) in [7, 11) is 7.19. The Bertz CT molecular complexity index is 1490. The van der Waals surface area contributed by atoms with Crippen molar-refractivity contribution in [3.05, 3.63) is 102 Å². The van der Waals surface area contributed by atoms with Gasteiger partial charge in [0.05, 0.1) is 7.11 Å². The molecule has 0 aliphatic carbocycles. The summed E-state index contributed by atoms with van der Waals surface area (Å²) in [5.41, 5.74) is 6.54. The van der Waals surface area contributed by atoms with E-state index in [2.05, 4.69) is 71.2 Å². The minimum Gasteiger partial charge on any atom is -0.497 e. The quantitative estimate of drug-likeness (QED) is 0.209. The fraction of sp³-hybridized carbons (Fsp3) is 0.294. The SMILES string of the molecule is CC/C(=C(/c1ccc(OCCN(C)C(C)/C=C/C(=O)N(C)C)nc1)c1cc2ccccc2[nH]1)c1cccc(OC)c1. The van der Waals surface area contributed by atoms with Crippen LogP contribution in [0.15, 0.2) is 85.1 Å². The number of para-hydroxylation sites is 1. The van der Waals surface area contributed by atoms with Gasteiger partial charge in [0.15, 0.2) is 0 Å². The number of amides is 1. The van der Waals surface area contributed by atoms with Crippen LogP contribution in [0.1, 0.15) is 37.1 Å². The Morgan fingerprint density at radius 2 is 1.83 bits per heavy atom. The van der Waals surface area contributed by atoms with Crippen LogP contribution in [-0.4, -0.2) is 73.1 Å². The number of hydrogen-bond acceptors (Lipinski definition) is 5. The minimum atomic E-state index is -0.0238. The fourth-order valence-corrected chi connectivity index (χ4v) is 4.67.